The molecule has 2 aliphatic heterocycles. The Kier molecular flexibility index (Phi) is 10.5. The first-order valence-corrected chi connectivity index (χ1v) is 16.0. The van der Waals surface area contributed by atoms with E-state index in [0.29, 0.717) is 68.7 Å². The monoisotopic (exact) mass is 579 g/mol. The number of likely N-dealkylation sites (tertiary alicyclic amines) is 1. The fraction of sp³-hybridized carbons (Fsp3) is 0.500. The van der Waals surface area contributed by atoms with Gasteiger partial charge in [-0.1, -0.05) is 36.8 Å². The number of ketones is 1. The van der Waals surface area contributed by atoms with Gasteiger partial charge in [0.25, 0.3) is 0 Å². The minimum atomic E-state index is -3.76. The van der Waals surface area contributed by atoms with E-state index >= 15 is 0 Å². The SMILES string of the molecule is N#Cc1ccc(C(=O)CCCCCN2CCCC2=O)nc1N1CCC(C(=O)NS(=O)(=O)CCc2ccccc2)CC1. The van der Waals surface area contributed by atoms with Crippen LogP contribution in [-0.2, 0) is 26.0 Å². The molecule has 0 saturated carbocycles. The van der Waals surface area contributed by atoms with Crippen LogP contribution in [0.4, 0.5) is 5.82 Å². The highest BCUT2D eigenvalue weighted by Crippen LogP contribution is 2.26. The standard InChI is InChI=1S/C30H37N5O5S/c31-22-25-12-13-26(27(36)10-5-2-6-17-34-18-7-11-28(34)37)32-29(25)35-19-14-24(15-20-35)30(38)33-41(39,40)21-16-23-8-3-1-4-9-23/h1,3-4,8-9,12-13,24H,2,5-7,10-11,14-21H2,(H,33,38). The molecule has 1 aromatic heterocycles. The number of nitrogens with one attached hydrogen (secondary N) is 1. The number of rotatable bonds is 13. The van der Waals surface area contributed by atoms with Crippen LogP contribution in [0.3, 0.4) is 0 Å². The largest absolute Gasteiger partial charge is 0.355 e. The summed E-state index contributed by atoms with van der Waals surface area (Å²) in [6, 6.07) is 14.6. The number of nitriles is 1. The van der Waals surface area contributed by atoms with Crippen LogP contribution in [-0.4, -0.2) is 67.8 Å². The second kappa shape index (κ2) is 14.2. The Morgan fingerprint density at radius 1 is 1.02 bits per heavy atom. The Labute approximate surface area is 241 Å². The van der Waals surface area contributed by atoms with E-state index in [4.69, 9.17) is 0 Å². The molecule has 11 heteroatoms. The van der Waals surface area contributed by atoms with Crippen LogP contribution in [0.1, 0.15) is 73.0 Å². The zero-order chi connectivity index (χ0) is 29.2. The van der Waals surface area contributed by atoms with Crippen molar-refractivity contribution in [1.82, 2.24) is 14.6 Å². The summed E-state index contributed by atoms with van der Waals surface area (Å²) < 4.78 is 27.2. The van der Waals surface area contributed by atoms with Gasteiger partial charge in [0.15, 0.2) is 5.78 Å². The molecule has 0 aliphatic carbocycles. The lowest BCUT2D eigenvalue weighted by Gasteiger charge is -2.32. The summed E-state index contributed by atoms with van der Waals surface area (Å²) in [6.45, 7) is 2.39. The number of Topliss-reactive ketones (excluding diaryl/α,β-unsaturated/α-hetero) is 1. The minimum Gasteiger partial charge on any atom is -0.355 e. The molecule has 0 unspecified atom stereocenters. The van der Waals surface area contributed by atoms with Crippen molar-refractivity contribution in [3.63, 3.8) is 0 Å². The number of hydrogen-bond acceptors (Lipinski definition) is 8. The van der Waals surface area contributed by atoms with Crippen molar-refractivity contribution in [1.29, 1.82) is 5.26 Å². The molecule has 3 heterocycles. The molecule has 2 aliphatic rings. The number of anilines is 1. The van der Waals surface area contributed by atoms with E-state index in [1.165, 1.54) is 0 Å². The molecule has 4 rings (SSSR count). The van der Waals surface area contributed by atoms with Gasteiger partial charge in [0.2, 0.25) is 21.8 Å². The number of aromatic nitrogens is 1. The van der Waals surface area contributed by atoms with Gasteiger partial charge in [-0.25, -0.2) is 13.4 Å². The van der Waals surface area contributed by atoms with Crippen LogP contribution >= 0.6 is 0 Å². The molecule has 41 heavy (non-hydrogen) atoms. The van der Waals surface area contributed by atoms with Gasteiger partial charge in [-0.15, -0.1) is 0 Å². The Hall–Kier alpha value is -3.78. The van der Waals surface area contributed by atoms with Crippen LogP contribution in [0.25, 0.3) is 0 Å². The van der Waals surface area contributed by atoms with Gasteiger partial charge in [-0.2, -0.15) is 5.26 Å². The predicted octanol–water partition coefficient (Wildman–Crippen LogP) is 3.22. The van der Waals surface area contributed by atoms with E-state index in [0.717, 1.165) is 37.9 Å². The molecule has 2 fully saturated rings. The van der Waals surface area contributed by atoms with Gasteiger partial charge >= 0.3 is 0 Å². The first kappa shape index (κ1) is 30.2. The van der Waals surface area contributed by atoms with Crippen LogP contribution in [0, 0.1) is 17.2 Å². The molecular formula is C30H37N5O5S. The Balaban J connectivity index is 1.25. The molecule has 0 spiro atoms. The molecular weight excluding hydrogens is 542 g/mol. The molecule has 2 saturated heterocycles. The summed E-state index contributed by atoms with van der Waals surface area (Å²) in [7, 11) is -3.76. The van der Waals surface area contributed by atoms with Gasteiger partial charge in [-0.3, -0.25) is 19.1 Å². The number of carbonyl (C=O) groups excluding carboxylic acids is 3. The maximum absolute atomic E-state index is 12.8. The highest BCUT2D eigenvalue weighted by atomic mass is 32.2. The lowest BCUT2D eigenvalue weighted by atomic mass is 9.96. The number of amides is 2. The van der Waals surface area contributed by atoms with Gasteiger partial charge in [-0.05, 0) is 56.2 Å². The van der Waals surface area contributed by atoms with Crippen molar-refractivity contribution in [3.05, 3.63) is 59.3 Å². The quantitative estimate of drug-likeness (QED) is 0.282. The number of benzene rings is 1. The third kappa shape index (κ3) is 8.60. The van der Waals surface area contributed by atoms with E-state index in [2.05, 4.69) is 15.8 Å². The fourth-order valence-electron chi connectivity index (χ4n) is 5.30. The summed E-state index contributed by atoms with van der Waals surface area (Å²) in [6.07, 6.45) is 5.44. The summed E-state index contributed by atoms with van der Waals surface area (Å²) in [5.74, 6) is -0.615. The summed E-state index contributed by atoms with van der Waals surface area (Å²) in [4.78, 5) is 45.6. The van der Waals surface area contributed by atoms with E-state index < -0.39 is 21.8 Å². The van der Waals surface area contributed by atoms with Crippen molar-refractivity contribution in [2.24, 2.45) is 5.92 Å². The first-order chi connectivity index (χ1) is 19.8. The summed E-state index contributed by atoms with van der Waals surface area (Å²) in [5, 5.41) is 9.63. The number of hydrogen-bond donors (Lipinski definition) is 1. The number of aryl methyl sites for hydroxylation is 1. The van der Waals surface area contributed by atoms with Crippen LogP contribution < -0.4 is 9.62 Å². The summed E-state index contributed by atoms with van der Waals surface area (Å²) in [5.41, 5.74) is 1.54. The highest BCUT2D eigenvalue weighted by Gasteiger charge is 2.29. The van der Waals surface area contributed by atoms with Crippen molar-refractivity contribution >= 4 is 33.4 Å². The molecule has 1 N–H and O–H groups in total. The zero-order valence-electron chi connectivity index (χ0n) is 23.3. The normalized spacial score (nSPS) is 16.0. The molecule has 218 valence electrons. The van der Waals surface area contributed by atoms with E-state index in [9.17, 15) is 28.1 Å². The topological polar surface area (TPSA) is 141 Å². The van der Waals surface area contributed by atoms with Crippen molar-refractivity contribution in [2.75, 3.05) is 36.8 Å². The van der Waals surface area contributed by atoms with Gasteiger partial charge in [0.05, 0.1) is 11.3 Å². The van der Waals surface area contributed by atoms with Gasteiger partial charge < -0.3 is 9.80 Å². The third-order valence-electron chi connectivity index (χ3n) is 7.71. The molecule has 0 radical (unpaired) electrons. The van der Waals surface area contributed by atoms with E-state index in [1.807, 2.05) is 40.1 Å². The highest BCUT2D eigenvalue weighted by molar-refractivity contribution is 7.90. The Bertz CT molecular complexity index is 1380. The molecule has 0 bridgehead atoms. The number of unbranched alkanes of at least 4 members (excludes halogenated alkanes) is 2. The second-order valence-electron chi connectivity index (χ2n) is 10.7. The Morgan fingerprint density at radius 3 is 2.46 bits per heavy atom. The van der Waals surface area contributed by atoms with Crippen molar-refractivity contribution in [3.8, 4) is 6.07 Å². The second-order valence-corrected chi connectivity index (χ2v) is 12.5. The molecule has 10 nitrogen and oxygen atoms in total. The molecule has 2 aromatic rings. The number of piperidine rings is 1. The first-order valence-electron chi connectivity index (χ1n) is 14.3. The predicted molar refractivity (Wildman–Crippen MR) is 155 cm³/mol. The van der Waals surface area contributed by atoms with Crippen molar-refractivity contribution in [2.45, 2.75) is 57.8 Å². The minimum absolute atomic E-state index is 0.0945. The Morgan fingerprint density at radius 2 is 1.78 bits per heavy atom. The fourth-order valence-corrected chi connectivity index (χ4v) is 6.38. The lowest BCUT2D eigenvalue weighted by Crippen LogP contribution is -2.43. The van der Waals surface area contributed by atoms with Crippen LogP contribution in [0.2, 0.25) is 0 Å². The molecule has 1 aromatic carbocycles. The van der Waals surface area contributed by atoms with Crippen LogP contribution in [0.15, 0.2) is 42.5 Å². The number of carbonyl (C=O) groups is 3. The van der Waals surface area contributed by atoms with Crippen molar-refractivity contribution < 1.29 is 22.8 Å². The number of sulfonamides is 1. The molecule has 0 atom stereocenters. The van der Waals surface area contributed by atoms with E-state index in [1.54, 1.807) is 12.1 Å². The average molecular weight is 580 g/mol. The van der Waals surface area contributed by atoms with Gasteiger partial charge in [0.1, 0.15) is 17.6 Å². The van der Waals surface area contributed by atoms with E-state index in [-0.39, 0.29) is 17.4 Å². The number of nitrogens with zero attached hydrogens (tertiary/aromatic N) is 4. The smallest absolute Gasteiger partial charge is 0.236 e. The third-order valence-corrected chi connectivity index (χ3v) is 8.96. The van der Waals surface area contributed by atoms with Gasteiger partial charge in [0, 0.05) is 44.9 Å². The average Bonchev–Trinajstić information content (AvgIpc) is 3.40. The zero-order valence-corrected chi connectivity index (χ0v) is 24.1. The maximum Gasteiger partial charge on any atom is 0.236 e. The van der Waals surface area contributed by atoms with Crippen LogP contribution in [0.5, 0.6) is 0 Å². The maximum atomic E-state index is 12.8. The molecule has 2 amide bonds. The number of pyridine rings is 1. The lowest BCUT2D eigenvalue weighted by molar-refractivity contribution is -0.127. The summed E-state index contributed by atoms with van der Waals surface area (Å²) >= 11 is 0.